The van der Waals surface area contributed by atoms with E-state index in [-0.39, 0.29) is 25.0 Å². The van der Waals surface area contributed by atoms with Crippen LogP contribution in [0.4, 0.5) is 5.69 Å². The van der Waals surface area contributed by atoms with Gasteiger partial charge in [-0.25, -0.2) is 4.98 Å². The zero-order valence-electron chi connectivity index (χ0n) is 18.8. The second-order valence-electron chi connectivity index (χ2n) is 8.68. The number of benzene rings is 1. The standard InChI is InChI=1S/C25H27N5O3/c1-27(2)22(31)16-30-20-10-6-13-26-24(20)29-14-7-11-21(29)25(30)12-15-28(18-25)23(32)17-33-19-8-4-3-5-9-19/h3-11,13-14H,12,15-18H2,1-2H3/t25-/m1/s1. The highest BCUT2D eigenvalue weighted by atomic mass is 16.5. The number of pyridine rings is 1. The molecule has 2 aliphatic rings. The molecule has 2 aliphatic heterocycles. The molecule has 0 bridgehead atoms. The molecule has 8 heteroatoms. The minimum atomic E-state index is -0.520. The lowest BCUT2D eigenvalue weighted by Crippen LogP contribution is -2.55. The van der Waals surface area contributed by atoms with Gasteiger partial charge in [0.2, 0.25) is 5.91 Å². The molecule has 0 saturated carbocycles. The molecule has 2 amide bonds. The Labute approximate surface area is 193 Å². The number of rotatable bonds is 5. The summed E-state index contributed by atoms with van der Waals surface area (Å²) in [4.78, 5) is 36.1. The van der Waals surface area contributed by atoms with Gasteiger partial charge in [0.05, 0.1) is 17.9 Å². The Morgan fingerprint density at radius 3 is 2.70 bits per heavy atom. The Kier molecular flexibility index (Phi) is 5.28. The van der Waals surface area contributed by atoms with E-state index >= 15 is 0 Å². The minimum Gasteiger partial charge on any atom is -0.484 e. The number of aromatic nitrogens is 2. The lowest BCUT2D eigenvalue weighted by atomic mass is 9.88. The van der Waals surface area contributed by atoms with Gasteiger partial charge in [0.25, 0.3) is 5.91 Å². The SMILES string of the molecule is CN(C)C(=O)CN1c2cccnc2-n2cccc2[C@]12CCN(C(=O)COc1ccccc1)C2. The van der Waals surface area contributed by atoms with Crippen molar-refractivity contribution in [3.63, 3.8) is 0 Å². The van der Waals surface area contributed by atoms with Crippen molar-refractivity contribution in [2.75, 3.05) is 45.2 Å². The fourth-order valence-corrected chi connectivity index (χ4v) is 4.80. The largest absolute Gasteiger partial charge is 0.484 e. The zero-order valence-corrected chi connectivity index (χ0v) is 18.8. The van der Waals surface area contributed by atoms with Crippen LogP contribution in [0.1, 0.15) is 12.1 Å². The first kappa shape index (κ1) is 21.1. The van der Waals surface area contributed by atoms with Crippen molar-refractivity contribution in [1.82, 2.24) is 19.4 Å². The number of fused-ring (bicyclic) bond motifs is 4. The third-order valence-corrected chi connectivity index (χ3v) is 6.53. The van der Waals surface area contributed by atoms with Crippen molar-refractivity contribution in [2.24, 2.45) is 0 Å². The number of likely N-dealkylation sites (N-methyl/N-ethyl adjacent to an activating group) is 1. The first-order valence-electron chi connectivity index (χ1n) is 11.1. The molecular formula is C25H27N5O3. The first-order valence-corrected chi connectivity index (χ1v) is 11.1. The van der Waals surface area contributed by atoms with Gasteiger partial charge in [-0.05, 0) is 42.8 Å². The average Bonchev–Trinajstić information content (AvgIpc) is 3.50. The summed E-state index contributed by atoms with van der Waals surface area (Å²) in [6.45, 7) is 1.25. The van der Waals surface area contributed by atoms with Crippen molar-refractivity contribution in [1.29, 1.82) is 0 Å². The number of nitrogens with zero attached hydrogens (tertiary/aromatic N) is 5. The van der Waals surface area contributed by atoms with Gasteiger partial charge in [-0.3, -0.25) is 9.59 Å². The van der Waals surface area contributed by atoms with Crippen LogP contribution in [0.5, 0.6) is 5.75 Å². The average molecular weight is 446 g/mol. The van der Waals surface area contributed by atoms with E-state index in [0.29, 0.717) is 25.3 Å². The van der Waals surface area contributed by atoms with Crippen LogP contribution in [0.15, 0.2) is 67.0 Å². The second kappa shape index (κ2) is 8.27. The molecule has 5 rings (SSSR count). The molecule has 1 spiro atoms. The Morgan fingerprint density at radius 2 is 1.91 bits per heavy atom. The number of amides is 2. The number of anilines is 1. The minimum absolute atomic E-state index is 0.00127. The van der Waals surface area contributed by atoms with Gasteiger partial charge >= 0.3 is 0 Å². The fraction of sp³-hybridized carbons (Fsp3) is 0.320. The maximum absolute atomic E-state index is 13.1. The van der Waals surface area contributed by atoms with Crippen LogP contribution in [0.3, 0.4) is 0 Å². The molecule has 1 saturated heterocycles. The fourth-order valence-electron chi connectivity index (χ4n) is 4.80. The number of hydrogen-bond donors (Lipinski definition) is 0. The lowest BCUT2D eigenvalue weighted by molar-refractivity contribution is -0.132. The van der Waals surface area contributed by atoms with E-state index in [4.69, 9.17) is 4.74 Å². The third-order valence-electron chi connectivity index (χ3n) is 6.53. The summed E-state index contributed by atoms with van der Waals surface area (Å²) in [5.74, 6) is 1.41. The molecule has 1 fully saturated rings. The molecule has 0 N–H and O–H groups in total. The topological polar surface area (TPSA) is 70.9 Å². The summed E-state index contributed by atoms with van der Waals surface area (Å²) in [5.41, 5.74) is 1.42. The highest BCUT2D eigenvalue weighted by molar-refractivity contribution is 5.84. The number of ether oxygens (including phenoxy) is 1. The second-order valence-corrected chi connectivity index (χ2v) is 8.68. The Morgan fingerprint density at radius 1 is 1.09 bits per heavy atom. The summed E-state index contributed by atoms with van der Waals surface area (Å²) < 4.78 is 7.79. The lowest BCUT2D eigenvalue weighted by Gasteiger charge is -2.46. The maximum atomic E-state index is 13.1. The van der Waals surface area contributed by atoms with Crippen molar-refractivity contribution in [3.8, 4) is 11.6 Å². The summed E-state index contributed by atoms with van der Waals surface area (Å²) in [6.07, 6.45) is 4.47. The van der Waals surface area contributed by atoms with E-state index in [2.05, 4.69) is 20.5 Å². The predicted molar refractivity (Wildman–Crippen MR) is 124 cm³/mol. The Balaban J connectivity index is 1.46. The van der Waals surface area contributed by atoms with E-state index in [0.717, 1.165) is 17.2 Å². The number of carbonyl (C=O) groups excluding carboxylic acids is 2. The van der Waals surface area contributed by atoms with Crippen LogP contribution in [0.2, 0.25) is 0 Å². The number of para-hydroxylation sites is 1. The van der Waals surface area contributed by atoms with Gasteiger partial charge < -0.3 is 24.0 Å². The molecule has 0 aliphatic carbocycles. The normalized spacial score (nSPS) is 18.7. The smallest absolute Gasteiger partial charge is 0.260 e. The first-order chi connectivity index (χ1) is 16.0. The maximum Gasteiger partial charge on any atom is 0.260 e. The molecule has 0 radical (unpaired) electrons. The van der Waals surface area contributed by atoms with Crippen LogP contribution >= 0.6 is 0 Å². The molecule has 1 aromatic carbocycles. The van der Waals surface area contributed by atoms with E-state index in [1.807, 2.05) is 59.6 Å². The molecule has 4 heterocycles. The Hall–Kier alpha value is -3.81. The highest BCUT2D eigenvalue weighted by Crippen LogP contribution is 2.46. The van der Waals surface area contributed by atoms with E-state index < -0.39 is 5.54 Å². The van der Waals surface area contributed by atoms with Crippen molar-refractivity contribution >= 4 is 17.5 Å². The molecule has 1 atom stereocenters. The number of carbonyl (C=O) groups is 2. The van der Waals surface area contributed by atoms with E-state index in [1.165, 1.54) is 0 Å². The molecular weight excluding hydrogens is 418 g/mol. The molecule has 8 nitrogen and oxygen atoms in total. The quantitative estimate of drug-likeness (QED) is 0.603. The summed E-state index contributed by atoms with van der Waals surface area (Å²) in [5, 5.41) is 0. The van der Waals surface area contributed by atoms with E-state index in [1.54, 1.807) is 25.2 Å². The van der Waals surface area contributed by atoms with Crippen LogP contribution in [-0.2, 0) is 15.1 Å². The van der Waals surface area contributed by atoms with Gasteiger partial charge in [0, 0.05) is 39.6 Å². The van der Waals surface area contributed by atoms with Crippen molar-refractivity contribution in [3.05, 3.63) is 72.7 Å². The monoisotopic (exact) mass is 445 g/mol. The number of hydrogen-bond acceptors (Lipinski definition) is 5. The highest BCUT2D eigenvalue weighted by Gasteiger charge is 2.51. The Bertz CT molecular complexity index is 1180. The van der Waals surface area contributed by atoms with Gasteiger partial charge in [-0.15, -0.1) is 0 Å². The van der Waals surface area contributed by atoms with Crippen molar-refractivity contribution < 1.29 is 14.3 Å². The van der Waals surface area contributed by atoms with Gasteiger partial charge in [0.15, 0.2) is 12.4 Å². The predicted octanol–water partition coefficient (Wildman–Crippen LogP) is 2.29. The molecule has 3 aromatic rings. The van der Waals surface area contributed by atoms with Crippen LogP contribution in [-0.4, -0.2) is 71.5 Å². The van der Waals surface area contributed by atoms with E-state index in [9.17, 15) is 9.59 Å². The summed E-state index contributed by atoms with van der Waals surface area (Å²) >= 11 is 0. The molecule has 170 valence electrons. The van der Waals surface area contributed by atoms with Gasteiger partial charge in [0.1, 0.15) is 11.3 Å². The van der Waals surface area contributed by atoms with Crippen LogP contribution in [0.25, 0.3) is 5.82 Å². The number of likely N-dealkylation sites (tertiary alicyclic amines) is 1. The summed E-state index contributed by atoms with van der Waals surface area (Å²) in [7, 11) is 3.52. The van der Waals surface area contributed by atoms with Crippen LogP contribution < -0.4 is 9.64 Å². The van der Waals surface area contributed by atoms with Crippen LogP contribution in [0, 0.1) is 0 Å². The van der Waals surface area contributed by atoms with Crippen molar-refractivity contribution in [2.45, 2.75) is 12.0 Å². The van der Waals surface area contributed by atoms with Gasteiger partial charge in [-0.2, -0.15) is 0 Å². The van der Waals surface area contributed by atoms with Gasteiger partial charge in [-0.1, -0.05) is 18.2 Å². The zero-order chi connectivity index (χ0) is 23.0. The third kappa shape index (κ3) is 3.61. The molecule has 33 heavy (non-hydrogen) atoms. The molecule has 0 unspecified atom stereocenters. The molecule has 2 aromatic heterocycles. The summed E-state index contributed by atoms with van der Waals surface area (Å²) in [6, 6.07) is 17.3.